The standard InChI is InChI=1S/C16H15BrN2O2/c1-10(14-8-13(21-2)5-6-16(14)20)19-15-7-12(17)4-3-11(15)9-18/h3-8,10,19-20H,1-2H3. The fourth-order valence-electron chi connectivity index (χ4n) is 2.05. The average molecular weight is 347 g/mol. The van der Waals surface area contributed by atoms with Gasteiger partial charge in [-0.3, -0.25) is 0 Å². The molecule has 0 saturated carbocycles. The second kappa shape index (κ2) is 6.51. The number of phenolic OH excluding ortho intramolecular Hbond substituents is 1. The molecule has 0 saturated heterocycles. The van der Waals surface area contributed by atoms with Gasteiger partial charge in [0.15, 0.2) is 0 Å². The Kier molecular flexibility index (Phi) is 4.71. The first-order valence-corrected chi connectivity index (χ1v) is 7.17. The van der Waals surface area contributed by atoms with Crippen molar-refractivity contribution in [3.05, 3.63) is 52.0 Å². The summed E-state index contributed by atoms with van der Waals surface area (Å²) in [6, 6.07) is 12.4. The zero-order chi connectivity index (χ0) is 15.4. The number of nitrogens with zero attached hydrogens (tertiary/aromatic N) is 1. The van der Waals surface area contributed by atoms with Gasteiger partial charge in [0.25, 0.3) is 0 Å². The van der Waals surface area contributed by atoms with Gasteiger partial charge in [0, 0.05) is 10.0 Å². The summed E-state index contributed by atoms with van der Waals surface area (Å²) < 4.78 is 6.06. The molecule has 1 unspecified atom stereocenters. The lowest BCUT2D eigenvalue weighted by molar-refractivity contribution is 0.410. The Morgan fingerprint density at radius 2 is 2.05 bits per heavy atom. The molecule has 21 heavy (non-hydrogen) atoms. The Morgan fingerprint density at radius 1 is 1.29 bits per heavy atom. The summed E-state index contributed by atoms with van der Waals surface area (Å²) in [4.78, 5) is 0. The largest absolute Gasteiger partial charge is 0.508 e. The molecule has 0 amide bonds. The van der Waals surface area contributed by atoms with Crippen LogP contribution in [0.3, 0.4) is 0 Å². The molecule has 2 N–H and O–H groups in total. The topological polar surface area (TPSA) is 65.3 Å². The lowest BCUT2D eigenvalue weighted by Crippen LogP contribution is -2.08. The number of hydrogen-bond donors (Lipinski definition) is 2. The number of nitrogens with one attached hydrogen (secondary N) is 1. The van der Waals surface area contributed by atoms with Gasteiger partial charge in [0.1, 0.15) is 17.6 Å². The fourth-order valence-corrected chi connectivity index (χ4v) is 2.41. The molecule has 0 aliphatic rings. The Morgan fingerprint density at radius 3 is 2.71 bits per heavy atom. The van der Waals surface area contributed by atoms with Crippen LogP contribution in [0, 0.1) is 11.3 Å². The first kappa shape index (κ1) is 15.2. The third-order valence-corrected chi connectivity index (χ3v) is 3.67. The van der Waals surface area contributed by atoms with Gasteiger partial charge in [-0.15, -0.1) is 0 Å². The molecule has 0 aliphatic carbocycles. The van der Waals surface area contributed by atoms with Crippen molar-refractivity contribution in [2.75, 3.05) is 12.4 Å². The first-order chi connectivity index (χ1) is 10.0. The van der Waals surface area contributed by atoms with E-state index in [4.69, 9.17) is 10.00 Å². The van der Waals surface area contributed by atoms with Gasteiger partial charge in [-0.1, -0.05) is 15.9 Å². The van der Waals surface area contributed by atoms with Crippen molar-refractivity contribution in [3.63, 3.8) is 0 Å². The average Bonchev–Trinajstić information content (AvgIpc) is 2.48. The number of anilines is 1. The highest BCUT2D eigenvalue weighted by molar-refractivity contribution is 9.10. The maximum absolute atomic E-state index is 9.99. The van der Waals surface area contributed by atoms with Gasteiger partial charge in [0.05, 0.1) is 24.4 Å². The van der Waals surface area contributed by atoms with Gasteiger partial charge in [-0.05, 0) is 43.3 Å². The van der Waals surface area contributed by atoms with E-state index in [2.05, 4.69) is 27.3 Å². The molecule has 4 nitrogen and oxygen atoms in total. The van der Waals surface area contributed by atoms with Gasteiger partial charge in [-0.25, -0.2) is 0 Å². The predicted molar refractivity (Wildman–Crippen MR) is 85.6 cm³/mol. The van der Waals surface area contributed by atoms with Crippen molar-refractivity contribution >= 4 is 21.6 Å². The zero-order valence-electron chi connectivity index (χ0n) is 11.7. The van der Waals surface area contributed by atoms with E-state index >= 15 is 0 Å². The van der Waals surface area contributed by atoms with E-state index in [-0.39, 0.29) is 11.8 Å². The highest BCUT2D eigenvalue weighted by Crippen LogP contribution is 2.32. The Hall–Kier alpha value is -2.19. The molecule has 0 heterocycles. The number of aromatic hydroxyl groups is 1. The second-order valence-electron chi connectivity index (χ2n) is 4.59. The van der Waals surface area contributed by atoms with E-state index in [1.54, 1.807) is 31.4 Å². The third kappa shape index (κ3) is 3.47. The summed E-state index contributed by atoms with van der Waals surface area (Å²) in [5, 5.41) is 22.4. The van der Waals surface area contributed by atoms with Crippen molar-refractivity contribution in [1.82, 2.24) is 0 Å². The molecule has 1 atom stereocenters. The molecule has 2 aromatic rings. The summed E-state index contributed by atoms with van der Waals surface area (Å²) in [6.45, 7) is 1.91. The number of rotatable bonds is 4. The molecule has 5 heteroatoms. The highest BCUT2D eigenvalue weighted by atomic mass is 79.9. The minimum Gasteiger partial charge on any atom is -0.508 e. The van der Waals surface area contributed by atoms with Gasteiger partial charge < -0.3 is 15.2 Å². The molecular weight excluding hydrogens is 332 g/mol. The van der Waals surface area contributed by atoms with Gasteiger partial charge in [-0.2, -0.15) is 5.26 Å². The summed E-state index contributed by atoms with van der Waals surface area (Å²) in [5.41, 5.74) is 1.97. The van der Waals surface area contributed by atoms with Crippen LogP contribution in [0.4, 0.5) is 5.69 Å². The van der Waals surface area contributed by atoms with Crippen LogP contribution in [0.25, 0.3) is 0 Å². The van der Waals surface area contributed by atoms with Crippen LogP contribution in [-0.4, -0.2) is 12.2 Å². The molecule has 2 rings (SSSR count). The van der Waals surface area contributed by atoms with E-state index in [1.807, 2.05) is 19.1 Å². The number of methoxy groups -OCH3 is 1. The Bertz CT molecular complexity index is 695. The van der Waals surface area contributed by atoms with Crippen molar-refractivity contribution in [3.8, 4) is 17.6 Å². The Labute approximate surface area is 132 Å². The highest BCUT2D eigenvalue weighted by Gasteiger charge is 2.13. The zero-order valence-corrected chi connectivity index (χ0v) is 13.3. The molecule has 108 valence electrons. The second-order valence-corrected chi connectivity index (χ2v) is 5.51. The van der Waals surface area contributed by atoms with Crippen LogP contribution in [0.5, 0.6) is 11.5 Å². The predicted octanol–water partition coefficient (Wildman–Crippen LogP) is 4.21. The maximum atomic E-state index is 9.99. The third-order valence-electron chi connectivity index (χ3n) is 3.18. The minimum atomic E-state index is -0.179. The van der Waals surface area contributed by atoms with Gasteiger partial charge in [0.2, 0.25) is 0 Å². The molecule has 0 aliphatic heterocycles. The number of phenols is 1. The summed E-state index contributed by atoms with van der Waals surface area (Å²) in [5.74, 6) is 0.857. The van der Waals surface area contributed by atoms with Crippen molar-refractivity contribution in [2.45, 2.75) is 13.0 Å². The SMILES string of the molecule is COc1ccc(O)c(C(C)Nc2cc(Br)ccc2C#N)c1. The van der Waals surface area contributed by atoms with Gasteiger partial charge >= 0.3 is 0 Å². The number of hydrogen-bond acceptors (Lipinski definition) is 4. The van der Waals surface area contributed by atoms with Crippen LogP contribution in [0.15, 0.2) is 40.9 Å². The summed E-state index contributed by atoms with van der Waals surface area (Å²) >= 11 is 3.39. The maximum Gasteiger partial charge on any atom is 0.121 e. The van der Waals surface area contributed by atoms with Crippen molar-refractivity contribution in [1.29, 1.82) is 5.26 Å². The smallest absolute Gasteiger partial charge is 0.121 e. The number of ether oxygens (including phenoxy) is 1. The van der Waals surface area contributed by atoms with Crippen LogP contribution < -0.4 is 10.1 Å². The molecule has 2 aromatic carbocycles. The van der Waals surface area contributed by atoms with Crippen molar-refractivity contribution < 1.29 is 9.84 Å². The van der Waals surface area contributed by atoms with E-state index in [1.165, 1.54) is 0 Å². The molecule has 0 spiro atoms. The van der Waals surface area contributed by atoms with Crippen molar-refractivity contribution in [2.24, 2.45) is 0 Å². The monoisotopic (exact) mass is 346 g/mol. The lowest BCUT2D eigenvalue weighted by atomic mass is 10.1. The molecular formula is C16H15BrN2O2. The van der Waals surface area contributed by atoms with Crippen LogP contribution in [-0.2, 0) is 0 Å². The van der Waals surface area contributed by atoms with E-state index < -0.39 is 0 Å². The molecule has 0 bridgehead atoms. The van der Waals surface area contributed by atoms with E-state index in [9.17, 15) is 5.11 Å². The molecule has 0 aromatic heterocycles. The lowest BCUT2D eigenvalue weighted by Gasteiger charge is -2.18. The summed E-state index contributed by atoms with van der Waals surface area (Å²) in [6.07, 6.45) is 0. The Balaban J connectivity index is 2.32. The molecule has 0 fully saturated rings. The van der Waals surface area contributed by atoms with E-state index in [0.717, 1.165) is 4.47 Å². The fraction of sp³-hybridized carbons (Fsp3) is 0.188. The summed E-state index contributed by atoms with van der Waals surface area (Å²) in [7, 11) is 1.58. The normalized spacial score (nSPS) is 11.5. The van der Waals surface area contributed by atoms with Crippen LogP contribution in [0.1, 0.15) is 24.1 Å². The first-order valence-electron chi connectivity index (χ1n) is 6.38. The molecule has 0 radical (unpaired) electrons. The van der Waals surface area contributed by atoms with Crippen LogP contribution >= 0.6 is 15.9 Å². The van der Waals surface area contributed by atoms with Crippen LogP contribution in [0.2, 0.25) is 0 Å². The van der Waals surface area contributed by atoms with E-state index in [0.29, 0.717) is 22.6 Å². The quantitative estimate of drug-likeness (QED) is 0.870. The number of nitriles is 1. The minimum absolute atomic E-state index is 0.179. The number of benzene rings is 2. The number of halogens is 1.